The molecule has 6 rings (SSSR count). The molecule has 214 valence electrons. The second kappa shape index (κ2) is 10.8. The van der Waals surface area contributed by atoms with Crippen LogP contribution in [0.5, 0.6) is 0 Å². The summed E-state index contributed by atoms with van der Waals surface area (Å²) in [5.41, 5.74) is 8.54. The zero-order valence-corrected chi connectivity index (χ0v) is 24.8. The number of esters is 2. The Morgan fingerprint density at radius 3 is 2.48 bits per heavy atom. The Kier molecular flexibility index (Phi) is 7.14. The Labute approximate surface area is 247 Å². The molecular formula is C37H37NO4. The minimum atomic E-state index is -1.11. The monoisotopic (exact) mass is 559 g/mol. The quantitative estimate of drug-likeness (QED) is 0.169. The van der Waals surface area contributed by atoms with Gasteiger partial charge < -0.3 is 14.0 Å². The van der Waals surface area contributed by atoms with Crippen LogP contribution in [0.25, 0.3) is 16.5 Å². The topological polar surface area (TPSA) is 57.5 Å². The Balaban J connectivity index is 1.60. The smallest absolute Gasteiger partial charge is 0.340 e. The number of nitrogens with zero attached hydrogens (tertiary/aromatic N) is 1. The van der Waals surface area contributed by atoms with E-state index in [9.17, 15) is 9.59 Å². The van der Waals surface area contributed by atoms with Gasteiger partial charge in [0.1, 0.15) is 0 Å². The van der Waals surface area contributed by atoms with Crippen LogP contribution in [0.2, 0.25) is 0 Å². The van der Waals surface area contributed by atoms with Crippen LogP contribution in [0.3, 0.4) is 0 Å². The van der Waals surface area contributed by atoms with Gasteiger partial charge in [0, 0.05) is 45.4 Å². The van der Waals surface area contributed by atoms with Crippen molar-refractivity contribution in [1.29, 1.82) is 0 Å². The number of ether oxygens (including phenoxy) is 2. The van der Waals surface area contributed by atoms with Gasteiger partial charge in [0.05, 0.1) is 12.2 Å². The zero-order valence-electron chi connectivity index (χ0n) is 24.8. The molecule has 3 aromatic carbocycles. The van der Waals surface area contributed by atoms with Crippen molar-refractivity contribution in [2.24, 2.45) is 0 Å². The van der Waals surface area contributed by atoms with Gasteiger partial charge in [-0.3, -0.25) is 0 Å². The molecule has 0 bridgehead atoms. The van der Waals surface area contributed by atoms with Crippen molar-refractivity contribution in [2.45, 2.75) is 65.0 Å². The summed E-state index contributed by atoms with van der Waals surface area (Å²) < 4.78 is 14.6. The summed E-state index contributed by atoms with van der Waals surface area (Å²) in [6.07, 6.45) is 2.43. The molecule has 0 saturated heterocycles. The van der Waals surface area contributed by atoms with E-state index in [1.807, 2.05) is 18.2 Å². The van der Waals surface area contributed by atoms with Crippen molar-refractivity contribution in [1.82, 2.24) is 4.57 Å². The summed E-state index contributed by atoms with van der Waals surface area (Å²) in [6, 6.07) is 24.7. The second-order valence-electron chi connectivity index (χ2n) is 11.5. The molecule has 0 spiro atoms. The molecule has 1 aromatic heterocycles. The predicted molar refractivity (Wildman–Crippen MR) is 166 cm³/mol. The average Bonchev–Trinajstić information content (AvgIpc) is 3.39. The summed E-state index contributed by atoms with van der Waals surface area (Å²) in [5, 5.41) is 1.09. The number of cyclic esters (lactones) is 1. The van der Waals surface area contributed by atoms with E-state index in [4.69, 9.17) is 9.47 Å². The maximum atomic E-state index is 13.7. The number of fused-ring (bicyclic) bond motifs is 3. The highest BCUT2D eigenvalue weighted by Gasteiger charge is 2.53. The van der Waals surface area contributed by atoms with Gasteiger partial charge in [-0.2, -0.15) is 0 Å². The fourth-order valence-corrected chi connectivity index (χ4v) is 7.19. The Bertz CT molecular complexity index is 1770. The largest absolute Gasteiger partial charge is 0.462 e. The summed E-state index contributed by atoms with van der Waals surface area (Å²) >= 11 is 0. The number of aryl methyl sites for hydroxylation is 1. The molecule has 4 aromatic rings. The Hall–Kier alpha value is -4.38. The number of aromatic nitrogens is 1. The van der Waals surface area contributed by atoms with Crippen molar-refractivity contribution in [3.8, 4) is 0 Å². The molecule has 0 saturated carbocycles. The van der Waals surface area contributed by atoms with Crippen molar-refractivity contribution in [3.63, 3.8) is 0 Å². The molecular weight excluding hydrogens is 522 g/mol. The number of carbonyl (C=O) groups is 2. The third-order valence-electron chi connectivity index (χ3n) is 9.04. The molecule has 0 radical (unpaired) electrons. The molecule has 5 heteroatoms. The van der Waals surface area contributed by atoms with E-state index in [1.165, 1.54) is 11.1 Å². The molecule has 0 N–H and O–H groups in total. The van der Waals surface area contributed by atoms with E-state index >= 15 is 0 Å². The van der Waals surface area contributed by atoms with Crippen molar-refractivity contribution < 1.29 is 19.1 Å². The summed E-state index contributed by atoms with van der Waals surface area (Å²) in [7, 11) is 0. The number of allylic oxidation sites excluding steroid dienone is 1. The minimum absolute atomic E-state index is 0.175. The summed E-state index contributed by atoms with van der Waals surface area (Å²) in [6.45, 7) is 13.0. The number of rotatable bonds is 7. The van der Waals surface area contributed by atoms with Crippen molar-refractivity contribution in [2.75, 3.05) is 6.61 Å². The van der Waals surface area contributed by atoms with Gasteiger partial charge in [0.25, 0.3) is 0 Å². The lowest BCUT2D eigenvalue weighted by atomic mass is 9.73. The van der Waals surface area contributed by atoms with Crippen LogP contribution in [0.4, 0.5) is 0 Å². The first-order chi connectivity index (χ1) is 20.3. The van der Waals surface area contributed by atoms with Gasteiger partial charge in [-0.1, -0.05) is 72.8 Å². The van der Waals surface area contributed by atoms with Crippen LogP contribution in [0, 0.1) is 6.92 Å². The fraction of sp³-hybridized carbons (Fsp3) is 0.297. The standard InChI is InChI=1S/C37H37NO4/c1-6-38-25(5)34(30-16-10-12-18-32(30)38)37(31-17-11-9-15-29(31)36(40)42-37)33-24(4)19-20-26(21-22-41-35(39)23(2)3)27-13-7-8-14-28(27)33/h7-18,26H,2,6,19-22H2,1,3-5H3. The van der Waals surface area contributed by atoms with Crippen molar-refractivity contribution in [3.05, 3.63) is 124 Å². The molecule has 5 nitrogen and oxygen atoms in total. The molecule has 42 heavy (non-hydrogen) atoms. The third-order valence-corrected chi connectivity index (χ3v) is 9.04. The molecule has 1 aliphatic carbocycles. The third kappa shape index (κ3) is 4.22. The lowest BCUT2D eigenvalue weighted by Gasteiger charge is -2.35. The molecule has 2 atom stereocenters. The van der Waals surface area contributed by atoms with Crippen molar-refractivity contribution >= 4 is 28.4 Å². The lowest BCUT2D eigenvalue weighted by molar-refractivity contribution is -0.139. The van der Waals surface area contributed by atoms with E-state index in [1.54, 1.807) is 6.92 Å². The van der Waals surface area contributed by atoms with Gasteiger partial charge >= 0.3 is 11.9 Å². The van der Waals surface area contributed by atoms with Gasteiger partial charge in [-0.15, -0.1) is 0 Å². The Morgan fingerprint density at radius 2 is 1.71 bits per heavy atom. The number of para-hydroxylation sites is 1. The highest BCUT2D eigenvalue weighted by Crippen LogP contribution is 2.57. The van der Waals surface area contributed by atoms with E-state index in [2.05, 4.69) is 86.5 Å². The molecule has 1 aliphatic heterocycles. The summed E-state index contributed by atoms with van der Waals surface area (Å²) in [5.74, 6) is -0.485. The van der Waals surface area contributed by atoms with Gasteiger partial charge in [-0.25, -0.2) is 9.59 Å². The van der Waals surface area contributed by atoms with Gasteiger partial charge in [0.15, 0.2) is 5.60 Å². The molecule has 2 aliphatic rings. The van der Waals surface area contributed by atoms with E-state index < -0.39 is 5.60 Å². The highest BCUT2D eigenvalue weighted by atomic mass is 16.6. The fourth-order valence-electron chi connectivity index (χ4n) is 7.19. The molecule has 0 fully saturated rings. The molecule has 2 heterocycles. The maximum absolute atomic E-state index is 13.7. The number of benzene rings is 3. The van der Waals surface area contributed by atoms with E-state index in [0.717, 1.165) is 58.2 Å². The number of hydrogen-bond donors (Lipinski definition) is 0. The predicted octanol–water partition coefficient (Wildman–Crippen LogP) is 8.24. The van der Waals surface area contributed by atoms with Crippen LogP contribution < -0.4 is 0 Å². The second-order valence-corrected chi connectivity index (χ2v) is 11.5. The SMILES string of the molecule is C=C(C)C(=O)OCCC1CCC(C)=C(C2(c3c(C)n(CC)c4ccccc34)OC(=O)c3ccccc32)c2ccccc21. The minimum Gasteiger partial charge on any atom is -0.462 e. The zero-order chi connectivity index (χ0) is 29.6. The van der Waals surface area contributed by atoms with Crippen LogP contribution in [-0.4, -0.2) is 23.1 Å². The highest BCUT2D eigenvalue weighted by molar-refractivity contribution is 6.03. The van der Waals surface area contributed by atoms with Crippen LogP contribution in [0.15, 0.2) is 90.5 Å². The average molecular weight is 560 g/mol. The van der Waals surface area contributed by atoms with Crippen LogP contribution in [0.1, 0.15) is 84.3 Å². The summed E-state index contributed by atoms with van der Waals surface area (Å²) in [4.78, 5) is 25.9. The first kappa shape index (κ1) is 27.8. The van der Waals surface area contributed by atoms with Gasteiger partial charge in [0.2, 0.25) is 0 Å². The normalized spacial score (nSPS) is 19.7. The first-order valence-electron chi connectivity index (χ1n) is 14.8. The molecule has 0 amide bonds. The Morgan fingerprint density at radius 1 is 1.02 bits per heavy atom. The lowest BCUT2D eigenvalue weighted by Crippen LogP contribution is -2.32. The maximum Gasteiger partial charge on any atom is 0.340 e. The first-order valence-corrected chi connectivity index (χ1v) is 14.8. The molecule has 2 unspecified atom stereocenters. The number of carbonyl (C=O) groups excluding carboxylic acids is 2. The van der Waals surface area contributed by atoms with E-state index in [0.29, 0.717) is 24.2 Å². The van der Waals surface area contributed by atoms with E-state index in [-0.39, 0.29) is 17.9 Å². The van der Waals surface area contributed by atoms with Crippen LogP contribution >= 0.6 is 0 Å². The van der Waals surface area contributed by atoms with Gasteiger partial charge in [-0.05, 0) is 76.1 Å². The number of hydrogen-bond acceptors (Lipinski definition) is 4. The van der Waals surface area contributed by atoms with Crippen LogP contribution in [-0.2, 0) is 26.4 Å².